The predicted molar refractivity (Wildman–Crippen MR) is 297 cm³/mol. The van der Waals surface area contributed by atoms with E-state index in [2.05, 4.69) is 28.7 Å². The molecular formula is C45H89BN4O30P5+. The number of carbonyl (C=O) groups excluding carboxylic acids is 1. The fraction of sp³-hybridized carbons (Fsp3) is 0.844. The molecule has 4 saturated heterocycles. The molecule has 2 aromatic rings. The molecule has 0 spiro atoms. The van der Waals surface area contributed by atoms with E-state index in [1.54, 1.807) is 27.2 Å². The van der Waals surface area contributed by atoms with Crippen molar-refractivity contribution in [1.82, 2.24) is 9.97 Å². The van der Waals surface area contributed by atoms with E-state index in [9.17, 15) is 47.8 Å². The second-order valence-electron chi connectivity index (χ2n) is 18.5. The number of methoxy groups -OCH3 is 5. The number of aldehydes is 1. The van der Waals surface area contributed by atoms with Crippen LogP contribution in [0.15, 0.2) is 12.7 Å². The minimum absolute atomic E-state index is 0. The summed E-state index contributed by atoms with van der Waals surface area (Å²) in [6, 6.07) is 0. The van der Waals surface area contributed by atoms with E-state index < -0.39 is 87.4 Å². The number of phosphoric ester groups is 1. The number of aromatic amines is 2. The number of nitrogens with zero attached hydrogens (tertiary/aromatic N) is 2. The standard InChI is InChI=1S/C14H21N4O5P.2C8H17O6P.C8H16O5P.C7H15O7P.B.H2O/c1-9-13-14(16-7-15-9)18(8-17-13)12-5-10(11(22-12)6-20-2)23-24(4,19)21-3;2*1-11-5-7-6(4-8(9)13-7)14-15(3,10)12-2;1-10-6-8-7(4-5-12-8)13-14(3,9)11-2;1-12-5-6(9)7(3-4-8)14-15(10,11)13-2;;/h7-8,10-12H,5-6H2,1-4H3;2*6-9H,4-5H2,1-3H3;5,7-8H,4,6H2,1-3H3;4,6-7,9H,3,5H2,1-2H3,(H,10,11);;1H2/q;;;+1;;-1;/p+1. The number of rotatable bonds is 29. The van der Waals surface area contributed by atoms with Gasteiger partial charge in [-0.05, 0) is 6.92 Å². The summed E-state index contributed by atoms with van der Waals surface area (Å²) in [4.78, 5) is 31.7. The first-order chi connectivity index (χ1) is 39.0. The van der Waals surface area contributed by atoms with Crippen molar-refractivity contribution in [2.45, 2.75) is 119 Å². The lowest BCUT2D eigenvalue weighted by atomic mass is 10.2. The summed E-state index contributed by atoms with van der Waals surface area (Å²) in [5.74, 6) is 0. The van der Waals surface area contributed by atoms with Gasteiger partial charge in [0.25, 0.3) is 13.3 Å². The number of hydrogen-bond acceptors (Lipinski definition) is 30. The number of fused-ring (bicyclic) bond motifs is 1. The van der Waals surface area contributed by atoms with Gasteiger partial charge in [-0.2, -0.15) is 9.72 Å². The Bertz CT molecular complexity index is 2380. The fourth-order valence-corrected chi connectivity index (χ4v) is 11.6. The third-order valence-electron chi connectivity index (χ3n) is 12.1. The number of ether oxygens (including phenoxy) is 9. The second kappa shape index (κ2) is 41.0. The summed E-state index contributed by atoms with van der Waals surface area (Å²) in [5, 5.41) is 27.9. The molecule has 0 aliphatic carbocycles. The normalized spacial score (nSPS) is 28.5. The van der Waals surface area contributed by atoms with Crippen LogP contribution in [0.5, 0.6) is 0 Å². The van der Waals surface area contributed by atoms with Crippen LogP contribution in [0, 0.1) is 13.5 Å². The van der Waals surface area contributed by atoms with Crippen LogP contribution in [0.2, 0.25) is 0 Å². The summed E-state index contributed by atoms with van der Waals surface area (Å²) >= 11 is 0. The highest BCUT2D eigenvalue weighted by atomic mass is 31.2. The number of aromatic nitrogens is 4. The molecule has 18 unspecified atom stereocenters. The largest absolute Gasteiger partial charge is 1.00 e. The van der Waals surface area contributed by atoms with Crippen LogP contribution in [-0.4, -0.2) is 250 Å². The van der Waals surface area contributed by atoms with Gasteiger partial charge >= 0.3 is 42.4 Å². The van der Waals surface area contributed by atoms with Crippen LogP contribution in [-0.2, 0) is 115 Å². The molecule has 85 heavy (non-hydrogen) atoms. The molecule has 4 radical (unpaired) electrons. The Kier molecular flexibility index (Phi) is 40.2. The first kappa shape index (κ1) is 83.3. The van der Waals surface area contributed by atoms with E-state index >= 15 is 0 Å². The van der Waals surface area contributed by atoms with Gasteiger partial charge in [-0.3, -0.25) is 27.3 Å². The Hall–Kier alpha value is -1.66. The molecule has 0 amide bonds. The second-order valence-corrected chi connectivity index (χ2v) is 28.4. The van der Waals surface area contributed by atoms with E-state index in [0.717, 1.165) is 24.0 Å². The maximum atomic E-state index is 12.2. The number of aryl methyl sites for hydroxylation is 1. The molecule has 0 bridgehead atoms. The first-order valence-electron chi connectivity index (χ1n) is 25.4. The van der Waals surface area contributed by atoms with Crippen molar-refractivity contribution in [3.63, 3.8) is 0 Å². The van der Waals surface area contributed by atoms with E-state index in [0.29, 0.717) is 32.3 Å². The predicted octanol–water partition coefficient (Wildman–Crippen LogP) is 1.27. The van der Waals surface area contributed by atoms with Crippen molar-refractivity contribution >= 4 is 64.1 Å². The lowest BCUT2D eigenvalue weighted by Crippen LogP contribution is -2.41. The topological polar surface area (TPSA) is 440 Å². The Morgan fingerprint density at radius 2 is 1.12 bits per heavy atom. The monoisotopic (exact) mass is 1330 g/mol. The van der Waals surface area contributed by atoms with Crippen LogP contribution in [0.3, 0.4) is 0 Å². The van der Waals surface area contributed by atoms with E-state index in [-0.39, 0.29) is 83.6 Å². The van der Waals surface area contributed by atoms with E-state index in [1.807, 2.05) is 17.8 Å². The lowest BCUT2D eigenvalue weighted by Gasteiger charge is -2.28. The van der Waals surface area contributed by atoms with Gasteiger partial charge < -0.3 is 118 Å². The van der Waals surface area contributed by atoms with Crippen molar-refractivity contribution in [2.75, 3.05) is 131 Å². The number of H-pyrrole nitrogens is 2. The van der Waals surface area contributed by atoms with Crippen LogP contribution >= 0.6 is 38.2 Å². The number of hydrogen-bond donors (Lipinski definition) is 4. The summed E-state index contributed by atoms with van der Waals surface area (Å²) in [7, 11) is -2.78. The molecule has 4 aliphatic heterocycles. The fourth-order valence-electron chi connectivity index (χ4n) is 7.77. The Balaban J connectivity index is 0.00000105. The highest BCUT2D eigenvalue weighted by molar-refractivity contribution is 7.53. The highest BCUT2D eigenvalue weighted by Gasteiger charge is 2.46. The van der Waals surface area contributed by atoms with Crippen LogP contribution in [0.1, 0.15) is 44.0 Å². The van der Waals surface area contributed by atoms with Gasteiger partial charge in [0, 0.05) is 117 Å². The molecule has 2 aromatic heterocycles. The molecule has 40 heteroatoms. The summed E-state index contributed by atoms with van der Waals surface area (Å²) < 4.78 is 155. The smallest absolute Gasteiger partial charge is 0.399 e. The zero-order chi connectivity index (χ0) is 62.8. The first-order valence-corrected chi connectivity index (χ1v) is 34.8. The Morgan fingerprint density at radius 1 is 0.694 bits per heavy atom. The van der Waals surface area contributed by atoms with Crippen molar-refractivity contribution < 1.29 is 151 Å². The average molecular weight is 1330 g/mol. The summed E-state index contributed by atoms with van der Waals surface area (Å²) in [6.45, 7) is 10.4. The van der Waals surface area contributed by atoms with Gasteiger partial charge in [0.2, 0.25) is 19.2 Å². The number of aliphatic hydroxyl groups excluding tert-OH is 3. The quantitative estimate of drug-likeness (QED) is 0.0293. The van der Waals surface area contributed by atoms with Gasteiger partial charge in [-0.25, -0.2) is 9.97 Å². The molecule has 7 N–H and O–H groups in total. The number of imidazole rings is 1. The molecule has 18 atom stereocenters. The molecule has 0 aromatic carbocycles. The summed E-state index contributed by atoms with van der Waals surface area (Å²) in [6.07, 6.45) is -2.03. The van der Waals surface area contributed by atoms with Crippen molar-refractivity contribution in [3.05, 3.63) is 25.0 Å². The molecule has 4 aliphatic rings. The third kappa shape index (κ3) is 29.9. The molecule has 6 rings (SSSR count). The minimum atomic E-state index is -4.46. The van der Waals surface area contributed by atoms with Gasteiger partial charge in [0.1, 0.15) is 66.9 Å². The summed E-state index contributed by atoms with van der Waals surface area (Å²) in [5.41, 5.74) is 2.67. The van der Waals surface area contributed by atoms with Gasteiger partial charge in [0.15, 0.2) is 25.1 Å². The van der Waals surface area contributed by atoms with Gasteiger partial charge in [0.05, 0.1) is 39.5 Å². The van der Waals surface area contributed by atoms with E-state index in [1.165, 1.54) is 76.4 Å². The molecule has 6 heterocycles. The van der Waals surface area contributed by atoms with Crippen molar-refractivity contribution in [3.8, 4) is 0 Å². The van der Waals surface area contributed by atoms with E-state index in [4.69, 9.17) is 74.1 Å². The maximum absolute atomic E-state index is 12.2. The molecule has 34 nitrogen and oxygen atoms in total. The Labute approximate surface area is 497 Å². The average Bonchev–Trinajstić information content (AvgIpc) is 2.59. The molecular weight excluding hydrogens is 1240 g/mol. The van der Waals surface area contributed by atoms with Crippen LogP contribution in [0.25, 0.3) is 11.2 Å². The third-order valence-corrected chi connectivity index (χ3v) is 18.3. The zero-order valence-electron chi connectivity index (χ0n) is 50.5. The van der Waals surface area contributed by atoms with Crippen LogP contribution in [0.4, 0.5) is 0 Å². The maximum Gasteiger partial charge on any atom is 0.399 e. The van der Waals surface area contributed by atoms with Crippen molar-refractivity contribution in [1.29, 1.82) is 0 Å². The highest BCUT2D eigenvalue weighted by Crippen LogP contribution is 2.50. The van der Waals surface area contributed by atoms with Crippen molar-refractivity contribution in [2.24, 2.45) is 0 Å². The number of nitrogens with one attached hydrogen (secondary N) is 2. The number of phosphoric acid groups is 1. The van der Waals surface area contributed by atoms with Gasteiger partial charge in [-0.15, -0.1) is 4.57 Å². The van der Waals surface area contributed by atoms with Gasteiger partial charge in [-0.1, -0.05) is 0 Å². The zero-order valence-corrected chi connectivity index (χ0v) is 55.0. The molecule has 0 saturated carbocycles. The number of carbonyl (C=O) groups is 1. The Morgan fingerprint density at radius 3 is 1.53 bits per heavy atom. The number of aliphatic hydroxyl groups is 3. The minimum Gasteiger partial charge on any atom is -1.00 e. The molecule has 496 valence electrons. The molecule has 4 fully saturated rings. The lowest BCUT2D eigenvalue weighted by molar-refractivity contribution is -0.762. The van der Waals surface area contributed by atoms with Crippen LogP contribution < -0.4 is 14.4 Å². The SMILES string of the molecule is COCC(O)C(CC=O)OP(=O)([O-])OC.COCC1OC(O)CC1OP(C)(=O)OC.COCC1OC(O)CC1OP(C)(=O)OC.COCC1OC([n+]2c[nH]c3c(C)nc[nH+]c32)CC1OP(C)(=O)OC.COCC1O[CH+]CC1OP(C)(=O)OC.O.[B-].